The minimum Gasteiger partial charge on any atom is -0.383 e. The molecule has 2 aromatic carbocycles. The van der Waals surface area contributed by atoms with Gasteiger partial charge in [0.15, 0.2) is 0 Å². The van der Waals surface area contributed by atoms with Gasteiger partial charge in [0.05, 0.1) is 10.6 Å². The summed E-state index contributed by atoms with van der Waals surface area (Å²) >= 11 is 0. The van der Waals surface area contributed by atoms with E-state index >= 15 is 0 Å². The van der Waals surface area contributed by atoms with Crippen LogP contribution < -0.4 is 4.31 Å². The lowest BCUT2D eigenvalue weighted by molar-refractivity contribution is -0.105. The SMILES string of the molecule is Cc1ccc(S(=O)(=O)N2C=C(C=O)C(O)c3ccccc32)cc1. The predicted octanol–water partition coefficient (Wildman–Crippen LogP) is 2.32. The number of para-hydroxylation sites is 1. The summed E-state index contributed by atoms with van der Waals surface area (Å²) in [7, 11) is -3.87. The molecule has 0 spiro atoms. The molecule has 1 unspecified atom stereocenters. The van der Waals surface area contributed by atoms with Crippen LogP contribution >= 0.6 is 0 Å². The van der Waals surface area contributed by atoms with E-state index in [1.807, 2.05) is 6.92 Å². The molecule has 0 saturated carbocycles. The number of hydrogen-bond donors (Lipinski definition) is 1. The molecule has 1 N–H and O–H groups in total. The van der Waals surface area contributed by atoms with Crippen LogP contribution in [-0.4, -0.2) is 19.8 Å². The molecule has 0 aliphatic carbocycles. The number of nitrogens with zero attached hydrogens (tertiary/aromatic N) is 1. The van der Waals surface area contributed by atoms with E-state index < -0.39 is 16.1 Å². The summed E-state index contributed by atoms with van der Waals surface area (Å²) in [5.41, 5.74) is 1.67. The zero-order chi connectivity index (χ0) is 16.6. The normalized spacial score (nSPS) is 17.4. The maximum atomic E-state index is 12.9. The molecule has 0 aromatic heterocycles. The largest absolute Gasteiger partial charge is 0.383 e. The summed E-state index contributed by atoms with van der Waals surface area (Å²) in [5.74, 6) is 0. The summed E-state index contributed by atoms with van der Waals surface area (Å²) in [6.45, 7) is 1.87. The molecule has 0 bridgehead atoms. The van der Waals surface area contributed by atoms with Crippen LogP contribution in [0.4, 0.5) is 5.69 Å². The van der Waals surface area contributed by atoms with Gasteiger partial charge in [-0.2, -0.15) is 0 Å². The Bertz CT molecular complexity index is 885. The number of aryl methyl sites for hydroxylation is 1. The van der Waals surface area contributed by atoms with Gasteiger partial charge in [0, 0.05) is 17.3 Å². The lowest BCUT2D eigenvalue weighted by atomic mass is 9.98. The topological polar surface area (TPSA) is 74.7 Å². The highest BCUT2D eigenvalue weighted by Crippen LogP contribution is 2.38. The third-order valence-electron chi connectivity index (χ3n) is 3.76. The fourth-order valence-corrected chi connectivity index (χ4v) is 3.88. The van der Waals surface area contributed by atoms with Crippen molar-refractivity contribution in [1.29, 1.82) is 0 Å². The number of sulfonamides is 1. The van der Waals surface area contributed by atoms with Crippen molar-refractivity contribution in [2.24, 2.45) is 0 Å². The van der Waals surface area contributed by atoms with E-state index in [0.717, 1.165) is 9.87 Å². The lowest BCUT2D eigenvalue weighted by Crippen LogP contribution is -2.31. The number of aliphatic hydroxyl groups excluding tert-OH is 1. The molecular weight excluding hydrogens is 314 g/mol. The molecule has 0 saturated heterocycles. The van der Waals surface area contributed by atoms with E-state index in [4.69, 9.17) is 0 Å². The molecule has 1 aliphatic heterocycles. The summed E-state index contributed by atoms with van der Waals surface area (Å²) in [5, 5.41) is 10.2. The molecule has 1 atom stereocenters. The van der Waals surface area contributed by atoms with E-state index in [1.54, 1.807) is 36.4 Å². The van der Waals surface area contributed by atoms with E-state index in [-0.39, 0.29) is 10.5 Å². The van der Waals surface area contributed by atoms with Crippen LogP contribution in [0.2, 0.25) is 0 Å². The van der Waals surface area contributed by atoms with E-state index in [9.17, 15) is 18.3 Å². The number of carbonyl (C=O) groups excluding carboxylic acids is 1. The molecular formula is C17H15NO4S. The summed E-state index contributed by atoms with van der Waals surface area (Å²) in [6, 6.07) is 13.0. The molecule has 2 aromatic rings. The first-order valence-corrected chi connectivity index (χ1v) is 8.44. The highest BCUT2D eigenvalue weighted by Gasteiger charge is 2.32. The minimum absolute atomic E-state index is 0.000568. The molecule has 0 fully saturated rings. The smallest absolute Gasteiger partial charge is 0.268 e. The standard InChI is InChI=1S/C17H15NO4S/c1-12-6-8-14(9-7-12)23(21,22)18-10-13(11-19)17(20)15-4-2-3-5-16(15)18/h2-11,17,20H,1H3. The molecule has 3 rings (SSSR count). The number of carbonyl (C=O) groups is 1. The first kappa shape index (κ1) is 15.5. The van der Waals surface area contributed by atoms with Crippen LogP contribution in [0.5, 0.6) is 0 Å². The average molecular weight is 329 g/mol. The van der Waals surface area contributed by atoms with Crippen LogP contribution in [0, 0.1) is 6.92 Å². The fraction of sp³-hybridized carbons (Fsp3) is 0.118. The van der Waals surface area contributed by atoms with Crippen molar-refractivity contribution >= 4 is 22.0 Å². The molecule has 0 radical (unpaired) electrons. The van der Waals surface area contributed by atoms with E-state index in [1.165, 1.54) is 18.3 Å². The number of anilines is 1. The van der Waals surface area contributed by atoms with Gasteiger partial charge in [-0.1, -0.05) is 35.9 Å². The van der Waals surface area contributed by atoms with Crippen LogP contribution in [0.15, 0.2) is 65.2 Å². The number of fused-ring (bicyclic) bond motifs is 1. The third-order valence-corrected chi connectivity index (χ3v) is 5.45. The molecule has 1 heterocycles. The molecule has 23 heavy (non-hydrogen) atoms. The number of benzene rings is 2. The van der Waals surface area contributed by atoms with Gasteiger partial charge in [-0.05, 0) is 25.1 Å². The molecule has 6 heteroatoms. The molecule has 5 nitrogen and oxygen atoms in total. The van der Waals surface area contributed by atoms with Crippen molar-refractivity contribution in [2.45, 2.75) is 17.9 Å². The van der Waals surface area contributed by atoms with Crippen molar-refractivity contribution in [1.82, 2.24) is 0 Å². The maximum absolute atomic E-state index is 12.9. The Kier molecular flexibility index (Phi) is 3.79. The van der Waals surface area contributed by atoms with Crippen molar-refractivity contribution in [3.63, 3.8) is 0 Å². The number of aliphatic hydroxyl groups is 1. The summed E-state index contributed by atoms with van der Waals surface area (Å²) < 4.78 is 26.9. The van der Waals surface area contributed by atoms with Gasteiger partial charge >= 0.3 is 0 Å². The van der Waals surface area contributed by atoms with Crippen LogP contribution in [0.1, 0.15) is 17.2 Å². The molecule has 118 valence electrons. The van der Waals surface area contributed by atoms with E-state index in [2.05, 4.69) is 0 Å². The summed E-state index contributed by atoms with van der Waals surface area (Å²) in [6.07, 6.45) is 0.515. The first-order chi connectivity index (χ1) is 10.9. The molecule has 1 aliphatic rings. The predicted molar refractivity (Wildman–Crippen MR) is 86.4 cm³/mol. The Morgan fingerprint density at radius 3 is 2.39 bits per heavy atom. The van der Waals surface area contributed by atoms with Gasteiger partial charge < -0.3 is 5.11 Å². The van der Waals surface area contributed by atoms with Gasteiger partial charge in [-0.25, -0.2) is 12.7 Å². The van der Waals surface area contributed by atoms with Crippen molar-refractivity contribution in [3.8, 4) is 0 Å². The van der Waals surface area contributed by atoms with Gasteiger partial charge in [0.25, 0.3) is 10.0 Å². The van der Waals surface area contributed by atoms with Gasteiger partial charge in [0.2, 0.25) is 0 Å². The quantitative estimate of drug-likeness (QED) is 0.877. The Hall–Kier alpha value is -2.44. The van der Waals surface area contributed by atoms with Crippen molar-refractivity contribution in [2.75, 3.05) is 4.31 Å². The number of hydrogen-bond acceptors (Lipinski definition) is 4. The second-order valence-electron chi connectivity index (χ2n) is 5.32. The van der Waals surface area contributed by atoms with E-state index in [0.29, 0.717) is 17.5 Å². The van der Waals surface area contributed by atoms with Gasteiger partial charge in [-0.3, -0.25) is 4.79 Å². The fourth-order valence-electron chi connectivity index (χ4n) is 2.49. The summed E-state index contributed by atoms with van der Waals surface area (Å²) in [4.78, 5) is 11.3. The maximum Gasteiger partial charge on any atom is 0.268 e. The number of aldehydes is 1. The Labute approximate surface area is 134 Å². The second-order valence-corrected chi connectivity index (χ2v) is 7.14. The number of rotatable bonds is 3. The Morgan fingerprint density at radius 2 is 1.74 bits per heavy atom. The van der Waals surface area contributed by atoms with Crippen LogP contribution in [0.3, 0.4) is 0 Å². The second kappa shape index (κ2) is 5.64. The minimum atomic E-state index is -3.87. The lowest BCUT2D eigenvalue weighted by Gasteiger charge is -2.30. The zero-order valence-corrected chi connectivity index (χ0v) is 13.2. The average Bonchev–Trinajstić information content (AvgIpc) is 2.55. The highest BCUT2D eigenvalue weighted by atomic mass is 32.2. The third kappa shape index (κ3) is 2.56. The Balaban J connectivity index is 2.19. The van der Waals surface area contributed by atoms with Gasteiger partial charge in [0.1, 0.15) is 12.4 Å². The van der Waals surface area contributed by atoms with Crippen molar-refractivity contribution in [3.05, 3.63) is 71.4 Å². The molecule has 0 amide bonds. The first-order valence-electron chi connectivity index (χ1n) is 7.00. The zero-order valence-electron chi connectivity index (χ0n) is 12.4. The van der Waals surface area contributed by atoms with Crippen LogP contribution in [0.25, 0.3) is 0 Å². The monoisotopic (exact) mass is 329 g/mol. The van der Waals surface area contributed by atoms with Gasteiger partial charge in [-0.15, -0.1) is 0 Å². The van der Waals surface area contributed by atoms with Crippen molar-refractivity contribution < 1.29 is 18.3 Å². The van der Waals surface area contributed by atoms with Crippen LogP contribution in [-0.2, 0) is 14.8 Å². The highest BCUT2D eigenvalue weighted by molar-refractivity contribution is 7.93. The Morgan fingerprint density at radius 1 is 1.09 bits per heavy atom.